The van der Waals surface area contributed by atoms with Gasteiger partial charge in [0.15, 0.2) is 0 Å². The quantitative estimate of drug-likeness (QED) is 0.796. The maximum absolute atomic E-state index is 5.77. The van der Waals surface area contributed by atoms with Crippen LogP contribution in [0.25, 0.3) is 11.1 Å². The zero-order valence-corrected chi connectivity index (χ0v) is 10.4. The fraction of sp³-hybridized carbons (Fsp3) is 0.200. The molecule has 17 heavy (non-hydrogen) atoms. The second-order valence-electron chi connectivity index (χ2n) is 4.26. The summed E-state index contributed by atoms with van der Waals surface area (Å²) in [6.45, 7) is 4.17. The number of anilines is 1. The van der Waals surface area contributed by atoms with Gasteiger partial charge in [0, 0.05) is 5.69 Å². The molecule has 0 fully saturated rings. The fourth-order valence-corrected chi connectivity index (χ4v) is 2.05. The van der Waals surface area contributed by atoms with Gasteiger partial charge in [0.1, 0.15) is 5.75 Å². The van der Waals surface area contributed by atoms with Crippen molar-refractivity contribution in [3.8, 4) is 16.9 Å². The van der Waals surface area contributed by atoms with Gasteiger partial charge in [-0.1, -0.05) is 12.1 Å². The van der Waals surface area contributed by atoms with Crippen molar-refractivity contribution in [2.45, 2.75) is 13.8 Å². The van der Waals surface area contributed by atoms with E-state index in [-0.39, 0.29) is 0 Å². The average molecular weight is 227 g/mol. The van der Waals surface area contributed by atoms with Gasteiger partial charge < -0.3 is 10.5 Å². The molecule has 88 valence electrons. The van der Waals surface area contributed by atoms with Gasteiger partial charge in [-0.3, -0.25) is 0 Å². The van der Waals surface area contributed by atoms with Gasteiger partial charge in [-0.05, 0) is 60.4 Å². The Morgan fingerprint density at radius 2 is 1.47 bits per heavy atom. The van der Waals surface area contributed by atoms with E-state index in [9.17, 15) is 0 Å². The first-order valence-electron chi connectivity index (χ1n) is 5.63. The molecule has 0 bridgehead atoms. The third-order valence-corrected chi connectivity index (χ3v) is 2.97. The molecule has 0 amide bonds. The molecular formula is C15H17NO. The van der Waals surface area contributed by atoms with Crippen molar-refractivity contribution in [1.82, 2.24) is 0 Å². The Morgan fingerprint density at radius 1 is 0.882 bits per heavy atom. The monoisotopic (exact) mass is 227 g/mol. The Kier molecular flexibility index (Phi) is 3.05. The topological polar surface area (TPSA) is 35.2 Å². The number of aryl methyl sites for hydroxylation is 2. The van der Waals surface area contributed by atoms with Crippen LogP contribution < -0.4 is 10.5 Å². The first-order valence-corrected chi connectivity index (χ1v) is 5.63. The van der Waals surface area contributed by atoms with Crippen LogP contribution in [0.2, 0.25) is 0 Å². The highest BCUT2D eigenvalue weighted by Gasteiger charge is 2.06. The molecule has 0 aliphatic heterocycles. The zero-order valence-electron chi connectivity index (χ0n) is 10.4. The molecule has 2 aromatic carbocycles. The summed E-state index contributed by atoms with van der Waals surface area (Å²) in [7, 11) is 1.68. The molecule has 2 N–H and O–H groups in total. The van der Waals surface area contributed by atoms with Gasteiger partial charge in [0.05, 0.1) is 7.11 Å². The predicted octanol–water partition coefficient (Wildman–Crippen LogP) is 3.56. The first-order chi connectivity index (χ1) is 8.11. The molecule has 0 aromatic heterocycles. The van der Waals surface area contributed by atoms with Crippen LogP contribution in [-0.4, -0.2) is 7.11 Å². The van der Waals surface area contributed by atoms with Crippen molar-refractivity contribution >= 4 is 5.69 Å². The molecule has 0 heterocycles. The maximum atomic E-state index is 5.77. The number of nitrogens with two attached hydrogens (primary N) is 1. The second-order valence-corrected chi connectivity index (χ2v) is 4.26. The largest absolute Gasteiger partial charge is 0.497 e. The number of nitrogen functional groups attached to an aromatic ring is 1. The van der Waals surface area contributed by atoms with Crippen LogP contribution in [0.4, 0.5) is 5.69 Å². The van der Waals surface area contributed by atoms with E-state index < -0.39 is 0 Å². The van der Waals surface area contributed by atoms with Crippen LogP contribution in [0.1, 0.15) is 11.1 Å². The molecule has 2 aromatic rings. The van der Waals surface area contributed by atoms with E-state index >= 15 is 0 Å². The van der Waals surface area contributed by atoms with E-state index in [2.05, 4.69) is 26.0 Å². The molecule has 2 nitrogen and oxygen atoms in total. The number of benzene rings is 2. The van der Waals surface area contributed by atoms with E-state index in [0.29, 0.717) is 0 Å². The van der Waals surface area contributed by atoms with Gasteiger partial charge in [0.2, 0.25) is 0 Å². The lowest BCUT2D eigenvalue weighted by Gasteiger charge is -2.11. The van der Waals surface area contributed by atoms with E-state index in [1.54, 1.807) is 7.11 Å². The van der Waals surface area contributed by atoms with Crippen LogP contribution >= 0.6 is 0 Å². The third-order valence-electron chi connectivity index (χ3n) is 2.97. The van der Waals surface area contributed by atoms with E-state index in [0.717, 1.165) is 11.4 Å². The molecular weight excluding hydrogens is 210 g/mol. The second kappa shape index (κ2) is 4.50. The van der Waals surface area contributed by atoms with Crippen molar-refractivity contribution in [2.24, 2.45) is 0 Å². The van der Waals surface area contributed by atoms with E-state index in [4.69, 9.17) is 10.5 Å². The lowest BCUT2D eigenvalue weighted by Crippen LogP contribution is -1.91. The minimum Gasteiger partial charge on any atom is -0.497 e. The van der Waals surface area contributed by atoms with Gasteiger partial charge >= 0.3 is 0 Å². The van der Waals surface area contributed by atoms with Crippen molar-refractivity contribution in [2.75, 3.05) is 12.8 Å². The summed E-state index contributed by atoms with van der Waals surface area (Å²) in [5, 5.41) is 0. The van der Waals surface area contributed by atoms with Gasteiger partial charge in [-0.2, -0.15) is 0 Å². The summed E-state index contributed by atoms with van der Waals surface area (Å²) < 4.78 is 5.22. The van der Waals surface area contributed by atoms with Crippen molar-refractivity contribution < 1.29 is 4.74 Å². The van der Waals surface area contributed by atoms with E-state index in [1.807, 2.05) is 24.3 Å². The molecule has 0 aliphatic rings. The highest BCUT2D eigenvalue weighted by molar-refractivity contribution is 5.72. The smallest absolute Gasteiger partial charge is 0.119 e. The molecule has 2 rings (SSSR count). The normalized spacial score (nSPS) is 10.3. The Hall–Kier alpha value is -1.96. The van der Waals surface area contributed by atoms with Crippen molar-refractivity contribution in [1.29, 1.82) is 0 Å². The molecule has 0 saturated heterocycles. The standard InChI is InChI=1S/C15H17NO/c1-10-8-12(16)4-6-14(10)15-7-5-13(17-3)9-11(15)2/h4-9H,16H2,1-3H3. The SMILES string of the molecule is COc1ccc(-c2ccc(N)cc2C)c(C)c1. The minimum atomic E-state index is 0.803. The number of hydrogen-bond donors (Lipinski definition) is 1. The van der Waals surface area contributed by atoms with Crippen LogP contribution in [0.3, 0.4) is 0 Å². The molecule has 0 atom stereocenters. The highest BCUT2D eigenvalue weighted by Crippen LogP contribution is 2.30. The molecule has 0 radical (unpaired) electrons. The average Bonchev–Trinajstić information content (AvgIpc) is 2.30. The Balaban J connectivity index is 2.53. The minimum absolute atomic E-state index is 0.803. The first kappa shape index (κ1) is 11.5. The summed E-state index contributed by atoms with van der Waals surface area (Å²) in [5.74, 6) is 0.888. The summed E-state index contributed by atoms with van der Waals surface area (Å²) >= 11 is 0. The van der Waals surface area contributed by atoms with Crippen LogP contribution in [-0.2, 0) is 0 Å². The van der Waals surface area contributed by atoms with E-state index in [1.165, 1.54) is 22.3 Å². The van der Waals surface area contributed by atoms with Gasteiger partial charge in [0.25, 0.3) is 0 Å². The maximum Gasteiger partial charge on any atom is 0.119 e. The molecule has 0 saturated carbocycles. The molecule has 0 unspecified atom stereocenters. The Bertz CT molecular complexity index is 547. The fourth-order valence-electron chi connectivity index (χ4n) is 2.05. The third kappa shape index (κ3) is 2.26. The summed E-state index contributed by atoms with van der Waals surface area (Å²) in [5.41, 5.74) is 11.4. The molecule has 2 heteroatoms. The van der Waals surface area contributed by atoms with Crippen molar-refractivity contribution in [3.05, 3.63) is 47.5 Å². The summed E-state index contributed by atoms with van der Waals surface area (Å²) in [4.78, 5) is 0. The van der Waals surface area contributed by atoms with Crippen LogP contribution in [0, 0.1) is 13.8 Å². The molecule has 0 aliphatic carbocycles. The Morgan fingerprint density at radius 3 is 2.00 bits per heavy atom. The molecule has 0 spiro atoms. The number of hydrogen-bond acceptors (Lipinski definition) is 2. The lowest BCUT2D eigenvalue weighted by molar-refractivity contribution is 0.414. The number of ether oxygens (including phenoxy) is 1. The van der Waals surface area contributed by atoms with Gasteiger partial charge in [-0.15, -0.1) is 0 Å². The Labute approximate surface area is 102 Å². The zero-order chi connectivity index (χ0) is 12.4. The number of rotatable bonds is 2. The lowest BCUT2D eigenvalue weighted by atomic mass is 9.96. The van der Waals surface area contributed by atoms with Crippen molar-refractivity contribution in [3.63, 3.8) is 0 Å². The summed E-state index contributed by atoms with van der Waals surface area (Å²) in [6.07, 6.45) is 0. The summed E-state index contributed by atoms with van der Waals surface area (Å²) in [6, 6.07) is 12.1. The van der Waals surface area contributed by atoms with Crippen LogP contribution in [0.5, 0.6) is 5.75 Å². The predicted molar refractivity (Wildman–Crippen MR) is 72.3 cm³/mol. The number of methoxy groups -OCH3 is 1. The van der Waals surface area contributed by atoms with Gasteiger partial charge in [-0.25, -0.2) is 0 Å². The van der Waals surface area contributed by atoms with Crippen LogP contribution in [0.15, 0.2) is 36.4 Å². The highest BCUT2D eigenvalue weighted by atomic mass is 16.5.